The van der Waals surface area contributed by atoms with Crippen molar-refractivity contribution in [2.45, 2.75) is 0 Å². The van der Waals surface area contributed by atoms with Crippen LogP contribution in [0.2, 0.25) is 0 Å². The Balaban J connectivity index is 1.60. The first-order valence-electron chi connectivity index (χ1n) is 9.39. The van der Waals surface area contributed by atoms with Crippen molar-refractivity contribution in [3.8, 4) is 22.8 Å². The number of amides is 1. The fourth-order valence-electron chi connectivity index (χ4n) is 3.43. The van der Waals surface area contributed by atoms with Crippen LogP contribution in [0.1, 0.15) is 10.4 Å². The third kappa shape index (κ3) is 3.99. The molecule has 30 heavy (non-hydrogen) atoms. The number of hydrogen-bond donors (Lipinski definition) is 0. The van der Waals surface area contributed by atoms with Gasteiger partial charge in [-0.05, 0) is 24.3 Å². The van der Waals surface area contributed by atoms with Crippen molar-refractivity contribution in [2.75, 3.05) is 32.4 Å². The average Bonchev–Trinajstić information content (AvgIpc) is 3.23. The molecule has 9 heteroatoms. The molecule has 1 aliphatic rings. The van der Waals surface area contributed by atoms with Gasteiger partial charge in [-0.3, -0.25) is 4.79 Å². The SMILES string of the molecule is CS(=O)(=O)N1CCN(C(=O)c2ccccc2-c2ncc(-c3ccccc3F)o2)CC1. The molecule has 1 amide bonds. The molecule has 1 saturated heterocycles. The standard InChI is InChI=1S/C21H20FN3O4S/c1-30(27,28)25-12-10-24(11-13-25)21(26)16-7-3-2-6-15(16)20-23-14-19(29-20)17-8-4-5-9-18(17)22/h2-9,14H,10-13H2,1H3. The fourth-order valence-corrected chi connectivity index (χ4v) is 4.26. The summed E-state index contributed by atoms with van der Waals surface area (Å²) in [6.45, 7) is 1.10. The third-order valence-corrected chi connectivity index (χ3v) is 6.33. The second-order valence-electron chi connectivity index (χ2n) is 7.01. The Morgan fingerprint density at radius 3 is 2.30 bits per heavy atom. The quantitative estimate of drug-likeness (QED) is 0.637. The van der Waals surface area contributed by atoms with Crippen LogP contribution in [-0.4, -0.2) is 60.9 Å². The van der Waals surface area contributed by atoms with Gasteiger partial charge in [-0.2, -0.15) is 4.31 Å². The largest absolute Gasteiger partial charge is 0.436 e. The summed E-state index contributed by atoms with van der Waals surface area (Å²) in [5.41, 5.74) is 1.18. The Morgan fingerprint density at radius 1 is 1.00 bits per heavy atom. The van der Waals surface area contributed by atoms with Crippen LogP contribution in [0.15, 0.2) is 59.1 Å². The second-order valence-corrected chi connectivity index (χ2v) is 8.99. The van der Waals surface area contributed by atoms with E-state index in [9.17, 15) is 17.6 Å². The lowest BCUT2D eigenvalue weighted by Crippen LogP contribution is -2.50. The minimum atomic E-state index is -3.28. The highest BCUT2D eigenvalue weighted by atomic mass is 32.2. The molecule has 0 atom stereocenters. The minimum Gasteiger partial charge on any atom is -0.436 e. The highest BCUT2D eigenvalue weighted by Crippen LogP contribution is 2.30. The summed E-state index contributed by atoms with van der Waals surface area (Å²) in [4.78, 5) is 19.0. The Labute approximate surface area is 173 Å². The summed E-state index contributed by atoms with van der Waals surface area (Å²) < 4.78 is 44.6. The van der Waals surface area contributed by atoms with E-state index in [-0.39, 0.29) is 36.2 Å². The molecule has 7 nitrogen and oxygen atoms in total. The Morgan fingerprint density at radius 2 is 1.63 bits per heavy atom. The Kier molecular flexibility index (Phi) is 5.40. The summed E-state index contributed by atoms with van der Waals surface area (Å²) in [6.07, 6.45) is 2.59. The lowest BCUT2D eigenvalue weighted by atomic mass is 10.1. The number of halogens is 1. The van der Waals surface area contributed by atoms with E-state index in [1.54, 1.807) is 47.4 Å². The molecule has 1 fully saturated rings. The normalized spacial score (nSPS) is 15.3. The first-order valence-corrected chi connectivity index (χ1v) is 11.2. The number of hydrogen-bond acceptors (Lipinski definition) is 5. The number of piperazine rings is 1. The number of oxazole rings is 1. The van der Waals surface area contributed by atoms with E-state index < -0.39 is 15.8 Å². The summed E-state index contributed by atoms with van der Waals surface area (Å²) >= 11 is 0. The number of rotatable bonds is 4. The Hall–Kier alpha value is -3.04. The topological polar surface area (TPSA) is 83.7 Å². The number of carbonyl (C=O) groups excluding carboxylic acids is 1. The van der Waals surface area contributed by atoms with E-state index >= 15 is 0 Å². The van der Waals surface area contributed by atoms with Gasteiger partial charge in [-0.25, -0.2) is 17.8 Å². The molecule has 0 radical (unpaired) electrons. The summed E-state index contributed by atoms with van der Waals surface area (Å²) in [7, 11) is -3.28. The lowest BCUT2D eigenvalue weighted by Gasteiger charge is -2.33. The number of carbonyl (C=O) groups is 1. The van der Waals surface area contributed by atoms with Gasteiger partial charge in [0, 0.05) is 31.7 Å². The lowest BCUT2D eigenvalue weighted by molar-refractivity contribution is 0.0699. The van der Waals surface area contributed by atoms with Gasteiger partial charge in [0.05, 0.1) is 23.6 Å². The molecular formula is C21H20FN3O4S. The first-order chi connectivity index (χ1) is 14.3. The third-order valence-electron chi connectivity index (χ3n) is 5.03. The molecule has 0 saturated carbocycles. The molecule has 0 bridgehead atoms. The molecular weight excluding hydrogens is 409 g/mol. The predicted octanol–water partition coefficient (Wildman–Crippen LogP) is 2.87. The van der Waals surface area contributed by atoms with E-state index in [0.29, 0.717) is 24.2 Å². The molecule has 2 heterocycles. The number of nitrogens with zero attached hydrogens (tertiary/aromatic N) is 3. The molecule has 1 aliphatic heterocycles. The van der Waals surface area contributed by atoms with E-state index in [0.717, 1.165) is 6.26 Å². The number of aromatic nitrogens is 1. The molecule has 0 unspecified atom stereocenters. The first kappa shape index (κ1) is 20.2. The zero-order valence-corrected chi connectivity index (χ0v) is 17.1. The van der Waals surface area contributed by atoms with Crippen molar-refractivity contribution >= 4 is 15.9 Å². The highest BCUT2D eigenvalue weighted by Gasteiger charge is 2.28. The van der Waals surface area contributed by atoms with Gasteiger partial charge < -0.3 is 9.32 Å². The van der Waals surface area contributed by atoms with Gasteiger partial charge in [-0.1, -0.05) is 24.3 Å². The zero-order chi connectivity index (χ0) is 21.3. The molecule has 2 aromatic carbocycles. The fraction of sp³-hybridized carbons (Fsp3) is 0.238. The summed E-state index contributed by atoms with van der Waals surface area (Å²) in [6, 6.07) is 13.1. The molecule has 0 N–H and O–H groups in total. The van der Waals surface area contributed by atoms with Crippen LogP contribution in [0.5, 0.6) is 0 Å². The monoisotopic (exact) mass is 429 g/mol. The van der Waals surface area contributed by atoms with Gasteiger partial charge >= 0.3 is 0 Å². The van der Waals surface area contributed by atoms with E-state index in [1.165, 1.54) is 16.6 Å². The van der Waals surface area contributed by atoms with Crippen LogP contribution < -0.4 is 0 Å². The molecule has 0 spiro atoms. The van der Waals surface area contributed by atoms with Crippen molar-refractivity contribution in [3.05, 3.63) is 66.1 Å². The average molecular weight is 429 g/mol. The molecule has 3 aromatic rings. The molecule has 1 aromatic heterocycles. The van der Waals surface area contributed by atoms with Crippen LogP contribution in [0, 0.1) is 5.82 Å². The molecule has 0 aliphatic carbocycles. The van der Waals surface area contributed by atoms with Crippen LogP contribution in [0.25, 0.3) is 22.8 Å². The van der Waals surface area contributed by atoms with Crippen LogP contribution in [-0.2, 0) is 10.0 Å². The van der Waals surface area contributed by atoms with Crippen molar-refractivity contribution in [1.82, 2.24) is 14.2 Å². The van der Waals surface area contributed by atoms with Gasteiger partial charge in [0.15, 0.2) is 5.76 Å². The van der Waals surface area contributed by atoms with Crippen molar-refractivity contribution in [3.63, 3.8) is 0 Å². The molecule has 4 rings (SSSR count). The van der Waals surface area contributed by atoms with Crippen LogP contribution in [0.4, 0.5) is 4.39 Å². The number of sulfonamides is 1. The summed E-state index contributed by atoms with van der Waals surface area (Å²) in [5.74, 6) is -0.170. The minimum absolute atomic E-state index is 0.215. The van der Waals surface area contributed by atoms with Gasteiger partial charge in [0.25, 0.3) is 5.91 Å². The van der Waals surface area contributed by atoms with Crippen molar-refractivity contribution < 1.29 is 22.0 Å². The van der Waals surface area contributed by atoms with Crippen molar-refractivity contribution in [1.29, 1.82) is 0 Å². The zero-order valence-electron chi connectivity index (χ0n) is 16.3. The maximum Gasteiger partial charge on any atom is 0.254 e. The number of benzene rings is 2. The van der Waals surface area contributed by atoms with Gasteiger partial charge in [0.1, 0.15) is 5.82 Å². The summed E-state index contributed by atoms with van der Waals surface area (Å²) in [5, 5.41) is 0. The maximum absolute atomic E-state index is 14.1. The Bertz CT molecular complexity index is 1180. The van der Waals surface area contributed by atoms with Crippen LogP contribution >= 0.6 is 0 Å². The van der Waals surface area contributed by atoms with Gasteiger partial charge in [-0.15, -0.1) is 0 Å². The smallest absolute Gasteiger partial charge is 0.254 e. The van der Waals surface area contributed by atoms with E-state index in [4.69, 9.17) is 4.42 Å². The van der Waals surface area contributed by atoms with Crippen LogP contribution in [0.3, 0.4) is 0 Å². The van der Waals surface area contributed by atoms with E-state index in [2.05, 4.69) is 4.98 Å². The van der Waals surface area contributed by atoms with E-state index in [1.807, 2.05) is 0 Å². The molecule has 156 valence electrons. The second kappa shape index (κ2) is 8.00. The maximum atomic E-state index is 14.1. The highest BCUT2D eigenvalue weighted by molar-refractivity contribution is 7.88. The predicted molar refractivity (Wildman–Crippen MR) is 110 cm³/mol. The van der Waals surface area contributed by atoms with Crippen molar-refractivity contribution in [2.24, 2.45) is 0 Å². The van der Waals surface area contributed by atoms with Gasteiger partial charge in [0.2, 0.25) is 15.9 Å².